The van der Waals surface area contributed by atoms with Gasteiger partial charge in [0.25, 0.3) is 0 Å². The molecule has 0 aromatic carbocycles. The Bertz CT molecular complexity index is 295. The molecule has 1 aliphatic carbocycles. The van der Waals surface area contributed by atoms with Gasteiger partial charge in [-0.1, -0.05) is 27.2 Å². The van der Waals surface area contributed by atoms with Gasteiger partial charge in [0.2, 0.25) is 0 Å². The molecule has 21 heavy (non-hydrogen) atoms. The van der Waals surface area contributed by atoms with Crippen LogP contribution in [0.2, 0.25) is 0 Å². The lowest BCUT2D eigenvalue weighted by Gasteiger charge is -2.42. The summed E-state index contributed by atoms with van der Waals surface area (Å²) in [5, 5.41) is 3.77. The molecule has 2 rings (SSSR count). The minimum atomic E-state index is 0.454. The average Bonchev–Trinajstić information content (AvgIpc) is 3.30. The van der Waals surface area contributed by atoms with Crippen LogP contribution in [0.1, 0.15) is 59.8 Å². The monoisotopic (exact) mass is 295 g/mol. The van der Waals surface area contributed by atoms with E-state index in [0.717, 1.165) is 12.1 Å². The second kappa shape index (κ2) is 7.94. The summed E-state index contributed by atoms with van der Waals surface area (Å²) < 4.78 is 0. The molecule has 1 saturated carbocycles. The molecule has 2 unspecified atom stereocenters. The minimum Gasteiger partial charge on any atom is -0.313 e. The molecule has 0 bridgehead atoms. The molecule has 0 radical (unpaired) electrons. The van der Waals surface area contributed by atoms with E-state index in [4.69, 9.17) is 0 Å². The standard InChI is InChI=1S/C18H37N3/c1-5-9-18(4,14-19-17-7-8-17)15-20-10-12-21(13-11-20)16(3)6-2/h16-17,19H,5-15H2,1-4H3. The number of hydrogen-bond acceptors (Lipinski definition) is 3. The van der Waals surface area contributed by atoms with Crippen molar-refractivity contribution in [3.63, 3.8) is 0 Å². The molecule has 124 valence electrons. The lowest BCUT2D eigenvalue weighted by Crippen LogP contribution is -2.53. The van der Waals surface area contributed by atoms with E-state index in [-0.39, 0.29) is 0 Å². The van der Waals surface area contributed by atoms with Crippen molar-refractivity contribution >= 4 is 0 Å². The molecule has 0 aromatic rings. The van der Waals surface area contributed by atoms with E-state index in [1.54, 1.807) is 0 Å². The van der Waals surface area contributed by atoms with Crippen molar-refractivity contribution in [2.45, 2.75) is 71.9 Å². The summed E-state index contributed by atoms with van der Waals surface area (Å²) in [6.07, 6.45) is 6.72. The molecule has 3 nitrogen and oxygen atoms in total. The summed E-state index contributed by atoms with van der Waals surface area (Å²) in [5.41, 5.74) is 0.454. The molecule has 0 amide bonds. The third-order valence-electron chi connectivity index (χ3n) is 5.47. The first kappa shape index (κ1) is 17.2. The normalized spacial score (nSPS) is 25.7. The Labute approximate surface area is 132 Å². The predicted molar refractivity (Wildman–Crippen MR) is 91.8 cm³/mol. The average molecular weight is 296 g/mol. The fourth-order valence-electron chi connectivity index (χ4n) is 3.67. The Hall–Kier alpha value is -0.120. The number of nitrogens with one attached hydrogen (secondary N) is 1. The van der Waals surface area contributed by atoms with E-state index >= 15 is 0 Å². The molecule has 1 saturated heterocycles. The highest BCUT2D eigenvalue weighted by Gasteiger charge is 2.31. The molecule has 1 heterocycles. The summed E-state index contributed by atoms with van der Waals surface area (Å²) >= 11 is 0. The molecular weight excluding hydrogens is 258 g/mol. The van der Waals surface area contributed by atoms with Crippen molar-refractivity contribution in [1.82, 2.24) is 15.1 Å². The summed E-state index contributed by atoms with van der Waals surface area (Å²) in [5.74, 6) is 0. The fourth-order valence-corrected chi connectivity index (χ4v) is 3.67. The SMILES string of the molecule is CCCC(C)(CNC1CC1)CN1CCN(C(C)CC)CC1. The number of rotatable bonds is 9. The first-order valence-corrected chi connectivity index (χ1v) is 9.26. The van der Waals surface area contributed by atoms with Gasteiger partial charge < -0.3 is 10.2 Å². The molecule has 0 spiro atoms. The van der Waals surface area contributed by atoms with Crippen molar-refractivity contribution in [1.29, 1.82) is 0 Å². The van der Waals surface area contributed by atoms with Crippen molar-refractivity contribution in [3.8, 4) is 0 Å². The van der Waals surface area contributed by atoms with E-state index in [1.165, 1.54) is 71.4 Å². The van der Waals surface area contributed by atoms with Crippen LogP contribution in [0.25, 0.3) is 0 Å². The van der Waals surface area contributed by atoms with E-state index in [0.29, 0.717) is 5.41 Å². The number of piperazine rings is 1. The quantitative estimate of drug-likeness (QED) is 0.705. The zero-order valence-electron chi connectivity index (χ0n) is 14.8. The van der Waals surface area contributed by atoms with Gasteiger partial charge >= 0.3 is 0 Å². The van der Waals surface area contributed by atoms with Crippen LogP contribution in [0.15, 0.2) is 0 Å². The molecule has 2 aliphatic rings. The van der Waals surface area contributed by atoms with Crippen LogP contribution < -0.4 is 5.32 Å². The Balaban J connectivity index is 1.77. The summed E-state index contributed by atoms with van der Waals surface area (Å²) in [6.45, 7) is 17.0. The van der Waals surface area contributed by atoms with Crippen LogP contribution in [0.5, 0.6) is 0 Å². The van der Waals surface area contributed by atoms with Gasteiger partial charge in [-0.3, -0.25) is 4.90 Å². The zero-order valence-corrected chi connectivity index (χ0v) is 14.8. The maximum absolute atomic E-state index is 3.77. The van der Waals surface area contributed by atoms with Gasteiger partial charge in [0, 0.05) is 51.4 Å². The Morgan fingerprint density at radius 2 is 1.81 bits per heavy atom. The number of hydrogen-bond donors (Lipinski definition) is 1. The Morgan fingerprint density at radius 1 is 1.14 bits per heavy atom. The van der Waals surface area contributed by atoms with Crippen molar-refractivity contribution in [2.75, 3.05) is 39.3 Å². The molecule has 1 N–H and O–H groups in total. The van der Waals surface area contributed by atoms with Crippen LogP contribution in [-0.4, -0.2) is 61.2 Å². The van der Waals surface area contributed by atoms with Crippen LogP contribution >= 0.6 is 0 Å². The molecule has 2 atom stereocenters. The van der Waals surface area contributed by atoms with Crippen LogP contribution in [0, 0.1) is 5.41 Å². The third kappa shape index (κ3) is 5.54. The highest BCUT2D eigenvalue weighted by atomic mass is 15.3. The smallest absolute Gasteiger partial charge is 0.0113 e. The van der Waals surface area contributed by atoms with E-state index in [2.05, 4.69) is 42.8 Å². The molecule has 1 aliphatic heterocycles. The molecular formula is C18H37N3. The Morgan fingerprint density at radius 3 is 2.33 bits per heavy atom. The summed E-state index contributed by atoms with van der Waals surface area (Å²) in [7, 11) is 0. The summed E-state index contributed by atoms with van der Waals surface area (Å²) in [6, 6.07) is 1.59. The van der Waals surface area contributed by atoms with Crippen molar-refractivity contribution in [3.05, 3.63) is 0 Å². The topological polar surface area (TPSA) is 18.5 Å². The summed E-state index contributed by atoms with van der Waals surface area (Å²) in [4.78, 5) is 5.37. The number of nitrogens with zero attached hydrogens (tertiary/aromatic N) is 2. The van der Waals surface area contributed by atoms with Gasteiger partial charge in [0.05, 0.1) is 0 Å². The maximum atomic E-state index is 3.77. The molecule has 3 heteroatoms. The highest BCUT2D eigenvalue weighted by molar-refractivity contribution is 4.88. The van der Waals surface area contributed by atoms with E-state index < -0.39 is 0 Å². The van der Waals surface area contributed by atoms with Gasteiger partial charge in [-0.15, -0.1) is 0 Å². The zero-order chi connectivity index (χ0) is 15.3. The Kier molecular flexibility index (Phi) is 6.51. The maximum Gasteiger partial charge on any atom is 0.0113 e. The first-order valence-electron chi connectivity index (χ1n) is 9.26. The third-order valence-corrected chi connectivity index (χ3v) is 5.47. The minimum absolute atomic E-state index is 0.454. The van der Waals surface area contributed by atoms with Gasteiger partial charge in [-0.05, 0) is 38.0 Å². The van der Waals surface area contributed by atoms with E-state index in [9.17, 15) is 0 Å². The highest BCUT2D eigenvalue weighted by Crippen LogP contribution is 2.27. The van der Waals surface area contributed by atoms with Gasteiger partial charge in [0.1, 0.15) is 0 Å². The van der Waals surface area contributed by atoms with Crippen molar-refractivity contribution < 1.29 is 0 Å². The van der Waals surface area contributed by atoms with Crippen molar-refractivity contribution in [2.24, 2.45) is 5.41 Å². The van der Waals surface area contributed by atoms with Gasteiger partial charge in [0.15, 0.2) is 0 Å². The largest absolute Gasteiger partial charge is 0.313 e. The van der Waals surface area contributed by atoms with Crippen LogP contribution in [-0.2, 0) is 0 Å². The lowest BCUT2D eigenvalue weighted by atomic mass is 9.84. The van der Waals surface area contributed by atoms with Gasteiger partial charge in [-0.2, -0.15) is 0 Å². The van der Waals surface area contributed by atoms with Crippen LogP contribution in [0.4, 0.5) is 0 Å². The first-order chi connectivity index (χ1) is 10.1. The van der Waals surface area contributed by atoms with Crippen LogP contribution in [0.3, 0.4) is 0 Å². The predicted octanol–water partition coefficient (Wildman–Crippen LogP) is 2.96. The van der Waals surface area contributed by atoms with E-state index in [1.807, 2.05) is 0 Å². The molecule has 0 aromatic heterocycles. The second-order valence-corrected chi connectivity index (χ2v) is 7.79. The molecule has 2 fully saturated rings. The second-order valence-electron chi connectivity index (χ2n) is 7.79. The van der Waals surface area contributed by atoms with Gasteiger partial charge in [-0.25, -0.2) is 0 Å². The fraction of sp³-hybridized carbons (Fsp3) is 1.00. The lowest BCUT2D eigenvalue weighted by molar-refractivity contribution is 0.0669.